The highest BCUT2D eigenvalue weighted by molar-refractivity contribution is 5.48. The lowest BCUT2D eigenvalue weighted by Gasteiger charge is -2.21. The number of rotatable bonds is 7. The van der Waals surface area contributed by atoms with Crippen molar-refractivity contribution in [2.75, 3.05) is 5.32 Å². The maximum atomic E-state index is 13.8. The van der Waals surface area contributed by atoms with Gasteiger partial charge in [0.1, 0.15) is 17.3 Å². The molecule has 0 radical (unpaired) electrons. The molecule has 112 valence electrons. The first-order chi connectivity index (χ1) is 10.2. The minimum Gasteiger partial charge on any atom is -0.373 e. The van der Waals surface area contributed by atoms with Crippen LogP contribution in [0.15, 0.2) is 48.5 Å². The quantitative estimate of drug-likeness (QED) is 0.645. The van der Waals surface area contributed by atoms with Crippen molar-refractivity contribution in [3.8, 4) is 0 Å². The number of hydrogen-bond donors (Lipinski definition) is 1. The van der Waals surface area contributed by atoms with Gasteiger partial charge in [0, 0.05) is 0 Å². The number of halogens is 2. The van der Waals surface area contributed by atoms with Crippen molar-refractivity contribution in [1.82, 2.24) is 0 Å². The van der Waals surface area contributed by atoms with Crippen LogP contribution in [0.4, 0.5) is 14.5 Å². The average molecular weight is 289 g/mol. The first-order valence-electron chi connectivity index (χ1n) is 7.48. The number of benzene rings is 2. The Hall–Kier alpha value is -1.90. The third kappa shape index (κ3) is 4.28. The van der Waals surface area contributed by atoms with Gasteiger partial charge in [0.05, 0.1) is 6.04 Å². The van der Waals surface area contributed by atoms with Crippen LogP contribution in [0, 0.1) is 11.6 Å². The van der Waals surface area contributed by atoms with E-state index < -0.39 is 11.6 Å². The van der Waals surface area contributed by atoms with Crippen LogP contribution in [0.3, 0.4) is 0 Å². The first kappa shape index (κ1) is 15.5. The fourth-order valence-corrected chi connectivity index (χ4v) is 2.42. The lowest BCUT2D eigenvalue weighted by Crippen LogP contribution is -2.13. The standard InChI is InChI=1S/C18H21F2N/c1-2-3-5-13-17(14-9-6-4-7-10-14)21-18-15(19)11-8-12-16(18)20/h4,6-12,17,21H,2-3,5,13H2,1H3. The van der Waals surface area contributed by atoms with Crippen molar-refractivity contribution in [2.45, 2.75) is 38.6 Å². The monoisotopic (exact) mass is 289 g/mol. The summed E-state index contributed by atoms with van der Waals surface area (Å²) in [6.07, 6.45) is 4.12. The van der Waals surface area contributed by atoms with Gasteiger partial charge in [-0.15, -0.1) is 0 Å². The predicted molar refractivity (Wildman–Crippen MR) is 83.3 cm³/mol. The summed E-state index contributed by atoms with van der Waals surface area (Å²) in [7, 11) is 0. The molecule has 1 atom stereocenters. The molecule has 0 aliphatic rings. The third-order valence-corrected chi connectivity index (χ3v) is 3.58. The molecule has 1 N–H and O–H groups in total. The topological polar surface area (TPSA) is 12.0 Å². The molecule has 1 nitrogen and oxygen atoms in total. The Bertz CT molecular complexity index is 534. The van der Waals surface area contributed by atoms with Gasteiger partial charge in [-0.25, -0.2) is 8.78 Å². The average Bonchev–Trinajstić information content (AvgIpc) is 2.50. The summed E-state index contributed by atoms with van der Waals surface area (Å²) in [4.78, 5) is 0. The van der Waals surface area contributed by atoms with Gasteiger partial charge in [-0.2, -0.15) is 0 Å². The summed E-state index contributed by atoms with van der Waals surface area (Å²) < 4.78 is 27.6. The van der Waals surface area contributed by atoms with Crippen LogP contribution in [0.1, 0.15) is 44.2 Å². The molecular weight excluding hydrogens is 268 g/mol. The van der Waals surface area contributed by atoms with Crippen molar-refractivity contribution in [2.24, 2.45) is 0 Å². The van der Waals surface area contributed by atoms with Gasteiger partial charge < -0.3 is 5.32 Å². The van der Waals surface area contributed by atoms with E-state index in [1.54, 1.807) is 0 Å². The molecule has 3 heteroatoms. The van der Waals surface area contributed by atoms with Gasteiger partial charge >= 0.3 is 0 Å². The van der Waals surface area contributed by atoms with Gasteiger partial charge in [0.25, 0.3) is 0 Å². The maximum Gasteiger partial charge on any atom is 0.149 e. The summed E-state index contributed by atoms with van der Waals surface area (Å²) in [5.41, 5.74) is 1.01. The second-order valence-electron chi connectivity index (χ2n) is 5.20. The molecule has 0 aromatic heterocycles. The molecular formula is C18H21F2N. The Kier molecular flexibility index (Phi) is 5.73. The molecule has 0 aliphatic carbocycles. The van der Waals surface area contributed by atoms with Crippen LogP contribution < -0.4 is 5.32 Å². The summed E-state index contributed by atoms with van der Waals surface area (Å²) in [5.74, 6) is -1.10. The number of para-hydroxylation sites is 1. The van der Waals surface area contributed by atoms with Crippen LogP contribution in [0.25, 0.3) is 0 Å². The highest BCUT2D eigenvalue weighted by atomic mass is 19.1. The molecule has 0 aliphatic heterocycles. The Morgan fingerprint density at radius 2 is 1.57 bits per heavy atom. The van der Waals surface area contributed by atoms with Gasteiger partial charge in [-0.05, 0) is 24.1 Å². The fraction of sp³-hybridized carbons (Fsp3) is 0.333. The SMILES string of the molecule is CCCCCC(Nc1c(F)cccc1F)c1ccccc1. The Morgan fingerprint density at radius 1 is 0.905 bits per heavy atom. The molecule has 0 saturated carbocycles. The van der Waals surface area contributed by atoms with Crippen molar-refractivity contribution in [3.63, 3.8) is 0 Å². The summed E-state index contributed by atoms with van der Waals surface area (Å²) in [6, 6.07) is 13.7. The lowest BCUT2D eigenvalue weighted by molar-refractivity contribution is 0.566. The minimum absolute atomic E-state index is 0.0390. The maximum absolute atomic E-state index is 13.8. The molecule has 1 unspecified atom stereocenters. The van der Waals surface area contributed by atoms with E-state index in [1.807, 2.05) is 30.3 Å². The van der Waals surface area contributed by atoms with Gasteiger partial charge in [-0.1, -0.05) is 62.6 Å². The lowest BCUT2D eigenvalue weighted by atomic mass is 10.00. The molecule has 0 amide bonds. The molecule has 2 rings (SSSR count). The zero-order chi connectivity index (χ0) is 15.1. The molecule has 2 aromatic rings. The molecule has 2 aromatic carbocycles. The third-order valence-electron chi connectivity index (χ3n) is 3.58. The number of nitrogens with one attached hydrogen (secondary N) is 1. The summed E-state index contributed by atoms with van der Waals surface area (Å²) >= 11 is 0. The van der Waals surface area contributed by atoms with Gasteiger partial charge in [0.15, 0.2) is 0 Å². The largest absolute Gasteiger partial charge is 0.373 e. The molecule has 0 heterocycles. The Balaban J connectivity index is 2.19. The van der Waals surface area contributed by atoms with E-state index in [9.17, 15) is 8.78 Å². The molecule has 0 saturated heterocycles. The zero-order valence-electron chi connectivity index (χ0n) is 12.3. The number of unbranched alkanes of at least 4 members (excludes halogenated alkanes) is 2. The predicted octanol–water partition coefficient (Wildman–Crippen LogP) is 5.70. The van der Waals surface area contributed by atoms with Gasteiger partial charge in [-0.3, -0.25) is 0 Å². The molecule has 0 fully saturated rings. The Morgan fingerprint density at radius 3 is 2.19 bits per heavy atom. The highest BCUT2D eigenvalue weighted by Crippen LogP contribution is 2.28. The highest BCUT2D eigenvalue weighted by Gasteiger charge is 2.15. The molecule has 0 spiro atoms. The van der Waals surface area contributed by atoms with Crippen LogP contribution in [-0.4, -0.2) is 0 Å². The van der Waals surface area contributed by atoms with E-state index in [1.165, 1.54) is 18.2 Å². The smallest absolute Gasteiger partial charge is 0.149 e. The van der Waals surface area contributed by atoms with Crippen LogP contribution in [-0.2, 0) is 0 Å². The normalized spacial score (nSPS) is 12.1. The van der Waals surface area contributed by atoms with Crippen LogP contribution in [0.5, 0.6) is 0 Å². The van der Waals surface area contributed by atoms with Crippen LogP contribution >= 0.6 is 0 Å². The minimum atomic E-state index is -0.550. The van der Waals surface area contributed by atoms with Crippen molar-refractivity contribution >= 4 is 5.69 Å². The van der Waals surface area contributed by atoms with E-state index in [0.29, 0.717) is 0 Å². The second kappa shape index (κ2) is 7.77. The summed E-state index contributed by atoms with van der Waals surface area (Å²) in [6.45, 7) is 2.14. The van der Waals surface area contributed by atoms with Crippen molar-refractivity contribution in [3.05, 3.63) is 65.7 Å². The fourth-order valence-electron chi connectivity index (χ4n) is 2.42. The number of hydrogen-bond acceptors (Lipinski definition) is 1. The van der Waals surface area contributed by atoms with Gasteiger partial charge in [0.2, 0.25) is 0 Å². The van der Waals surface area contributed by atoms with E-state index >= 15 is 0 Å². The number of anilines is 1. The van der Waals surface area contributed by atoms with Crippen molar-refractivity contribution < 1.29 is 8.78 Å². The van der Waals surface area contributed by atoms with E-state index in [0.717, 1.165) is 31.2 Å². The molecule has 0 bridgehead atoms. The summed E-state index contributed by atoms with van der Waals surface area (Å²) in [5, 5.41) is 3.04. The Labute approximate surface area is 125 Å². The zero-order valence-corrected chi connectivity index (χ0v) is 12.3. The van der Waals surface area contributed by atoms with E-state index in [-0.39, 0.29) is 11.7 Å². The second-order valence-corrected chi connectivity index (χ2v) is 5.20. The molecule has 21 heavy (non-hydrogen) atoms. The first-order valence-corrected chi connectivity index (χ1v) is 7.48. The van der Waals surface area contributed by atoms with Crippen LogP contribution in [0.2, 0.25) is 0 Å². The van der Waals surface area contributed by atoms with E-state index in [2.05, 4.69) is 12.2 Å². The van der Waals surface area contributed by atoms with Crippen molar-refractivity contribution in [1.29, 1.82) is 0 Å². The van der Waals surface area contributed by atoms with E-state index in [4.69, 9.17) is 0 Å².